The summed E-state index contributed by atoms with van der Waals surface area (Å²) in [6, 6.07) is -0.0813. The van der Waals surface area contributed by atoms with Gasteiger partial charge in [-0.25, -0.2) is 4.79 Å². The molecule has 2 aliphatic heterocycles. The lowest BCUT2D eigenvalue weighted by atomic mass is 9.89. The quantitative estimate of drug-likeness (QED) is 0.766. The molecule has 6 heteroatoms. The van der Waals surface area contributed by atoms with Gasteiger partial charge in [0.15, 0.2) is 0 Å². The summed E-state index contributed by atoms with van der Waals surface area (Å²) >= 11 is 0. The molecule has 19 heavy (non-hydrogen) atoms. The molecule has 2 bridgehead atoms. The van der Waals surface area contributed by atoms with Crippen molar-refractivity contribution in [1.29, 1.82) is 0 Å². The molecule has 2 rings (SSSR count). The van der Waals surface area contributed by atoms with E-state index >= 15 is 0 Å². The second-order valence-electron chi connectivity index (χ2n) is 5.51. The van der Waals surface area contributed by atoms with Crippen molar-refractivity contribution >= 4 is 12.0 Å². The van der Waals surface area contributed by atoms with Crippen molar-refractivity contribution in [1.82, 2.24) is 15.1 Å². The number of nitrogens with one attached hydrogen (secondary N) is 1. The molecule has 2 N–H and O–H groups in total. The Bertz CT molecular complexity index is 361. The largest absolute Gasteiger partial charge is 0.481 e. The van der Waals surface area contributed by atoms with Crippen molar-refractivity contribution in [3.63, 3.8) is 0 Å². The number of nitrogens with zero attached hydrogens (tertiary/aromatic N) is 2. The Morgan fingerprint density at radius 2 is 2.16 bits per heavy atom. The van der Waals surface area contributed by atoms with Gasteiger partial charge in [0.25, 0.3) is 0 Å². The molecule has 0 aromatic rings. The monoisotopic (exact) mass is 269 g/mol. The number of fused-ring (bicyclic) bond motifs is 2. The minimum atomic E-state index is -0.768. The maximum atomic E-state index is 12.1. The molecule has 6 nitrogen and oxygen atoms in total. The van der Waals surface area contributed by atoms with Crippen molar-refractivity contribution in [2.45, 2.75) is 38.3 Å². The summed E-state index contributed by atoms with van der Waals surface area (Å²) in [5.41, 5.74) is 0. The minimum absolute atomic E-state index is 0.0965. The summed E-state index contributed by atoms with van der Waals surface area (Å²) in [6.45, 7) is 4.44. The fourth-order valence-corrected chi connectivity index (χ4v) is 3.17. The third kappa shape index (κ3) is 2.83. The molecule has 0 spiro atoms. The van der Waals surface area contributed by atoms with Crippen LogP contribution in [0.1, 0.15) is 26.2 Å². The number of carboxylic acids is 1. The van der Waals surface area contributed by atoms with Crippen molar-refractivity contribution < 1.29 is 14.7 Å². The van der Waals surface area contributed by atoms with E-state index in [2.05, 4.69) is 17.1 Å². The van der Waals surface area contributed by atoms with Crippen LogP contribution in [0.5, 0.6) is 0 Å². The fraction of sp³-hybridized carbons (Fsp3) is 0.846. The lowest BCUT2D eigenvalue weighted by molar-refractivity contribution is -0.142. The van der Waals surface area contributed by atoms with E-state index in [1.54, 1.807) is 4.90 Å². The lowest BCUT2D eigenvalue weighted by Crippen LogP contribution is -2.46. The van der Waals surface area contributed by atoms with Gasteiger partial charge in [-0.1, -0.05) is 6.92 Å². The molecular formula is C13H23N3O3. The van der Waals surface area contributed by atoms with Crippen molar-refractivity contribution in [3.05, 3.63) is 0 Å². The first-order valence-corrected chi connectivity index (χ1v) is 7.02. The fourth-order valence-electron chi connectivity index (χ4n) is 3.17. The Labute approximate surface area is 113 Å². The van der Waals surface area contributed by atoms with Gasteiger partial charge in [-0.05, 0) is 32.9 Å². The Balaban J connectivity index is 1.85. The van der Waals surface area contributed by atoms with Gasteiger partial charge in [-0.2, -0.15) is 0 Å². The van der Waals surface area contributed by atoms with Crippen LogP contribution in [0, 0.1) is 5.92 Å². The summed E-state index contributed by atoms with van der Waals surface area (Å²) in [6.07, 6.45) is 2.38. The molecule has 2 saturated heterocycles. The Morgan fingerprint density at radius 1 is 1.42 bits per heavy atom. The standard InChI is InChI=1S/C13H23N3O3/c1-3-15(2)7-6-14-13(19)16-9-4-5-11(16)10(8-9)12(17)18/h9-11H,3-8H2,1-2H3,(H,14,19)(H,17,18). The molecule has 2 heterocycles. The van der Waals surface area contributed by atoms with E-state index in [-0.39, 0.29) is 24.0 Å². The lowest BCUT2D eigenvalue weighted by Gasteiger charge is -2.24. The van der Waals surface area contributed by atoms with Crippen LogP contribution in [-0.2, 0) is 4.79 Å². The third-order valence-electron chi connectivity index (χ3n) is 4.40. The Hall–Kier alpha value is -1.30. The number of carbonyl (C=O) groups excluding carboxylic acids is 1. The molecule has 0 aliphatic carbocycles. The topological polar surface area (TPSA) is 72.9 Å². The zero-order valence-electron chi connectivity index (χ0n) is 11.6. The van der Waals surface area contributed by atoms with E-state index in [1.807, 2.05) is 7.05 Å². The SMILES string of the molecule is CCN(C)CCNC(=O)N1C2CCC1C(C(=O)O)C2. The van der Waals surface area contributed by atoms with E-state index in [9.17, 15) is 9.59 Å². The average molecular weight is 269 g/mol. The molecule has 108 valence electrons. The zero-order valence-corrected chi connectivity index (χ0v) is 11.6. The number of urea groups is 1. The molecule has 0 radical (unpaired) electrons. The molecule has 2 fully saturated rings. The second kappa shape index (κ2) is 5.77. The van der Waals surface area contributed by atoms with E-state index in [0.717, 1.165) is 25.9 Å². The molecule has 0 aromatic heterocycles. The van der Waals surface area contributed by atoms with Gasteiger partial charge in [0.05, 0.1) is 5.92 Å². The Morgan fingerprint density at radius 3 is 2.74 bits per heavy atom. The number of aliphatic carboxylic acids is 1. The first-order valence-electron chi connectivity index (χ1n) is 7.02. The number of likely N-dealkylation sites (N-methyl/N-ethyl adjacent to an activating group) is 1. The minimum Gasteiger partial charge on any atom is -0.481 e. The molecule has 3 unspecified atom stereocenters. The van der Waals surface area contributed by atoms with Crippen LogP contribution in [-0.4, -0.2) is 65.7 Å². The van der Waals surface area contributed by atoms with Gasteiger partial charge in [-0.15, -0.1) is 0 Å². The van der Waals surface area contributed by atoms with Gasteiger partial charge >= 0.3 is 12.0 Å². The summed E-state index contributed by atoms with van der Waals surface area (Å²) < 4.78 is 0. The van der Waals surface area contributed by atoms with Crippen molar-refractivity contribution in [2.75, 3.05) is 26.7 Å². The second-order valence-corrected chi connectivity index (χ2v) is 5.51. The van der Waals surface area contributed by atoms with Gasteiger partial charge in [-0.3, -0.25) is 4.79 Å². The van der Waals surface area contributed by atoms with Gasteiger partial charge in [0, 0.05) is 25.2 Å². The number of carboxylic acid groups (broad SMARTS) is 1. The number of carbonyl (C=O) groups is 2. The normalized spacial score (nSPS) is 29.0. The highest BCUT2D eigenvalue weighted by Gasteiger charge is 2.51. The Kier molecular flexibility index (Phi) is 4.29. The van der Waals surface area contributed by atoms with Gasteiger partial charge in [0.2, 0.25) is 0 Å². The molecule has 2 aliphatic rings. The van der Waals surface area contributed by atoms with Crippen LogP contribution in [0.25, 0.3) is 0 Å². The zero-order chi connectivity index (χ0) is 14.0. The number of hydrogen-bond acceptors (Lipinski definition) is 3. The highest BCUT2D eigenvalue weighted by Crippen LogP contribution is 2.41. The van der Waals surface area contributed by atoms with Gasteiger partial charge in [0.1, 0.15) is 0 Å². The first-order chi connectivity index (χ1) is 9.04. The van der Waals surface area contributed by atoms with Crippen molar-refractivity contribution in [2.24, 2.45) is 5.92 Å². The summed E-state index contributed by atoms with van der Waals surface area (Å²) in [5.74, 6) is -1.14. The highest BCUT2D eigenvalue weighted by atomic mass is 16.4. The predicted molar refractivity (Wildman–Crippen MR) is 71.0 cm³/mol. The van der Waals surface area contributed by atoms with Crippen LogP contribution in [0.2, 0.25) is 0 Å². The smallest absolute Gasteiger partial charge is 0.317 e. The molecule has 0 saturated carbocycles. The van der Waals surface area contributed by atoms with Crippen LogP contribution in [0.15, 0.2) is 0 Å². The van der Waals surface area contributed by atoms with Gasteiger partial charge < -0.3 is 20.2 Å². The van der Waals surface area contributed by atoms with Crippen LogP contribution in [0.4, 0.5) is 4.79 Å². The molecule has 3 atom stereocenters. The van der Waals surface area contributed by atoms with Crippen LogP contribution < -0.4 is 5.32 Å². The third-order valence-corrected chi connectivity index (χ3v) is 4.40. The number of hydrogen-bond donors (Lipinski definition) is 2. The maximum absolute atomic E-state index is 12.1. The van der Waals surface area contributed by atoms with E-state index in [0.29, 0.717) is 13.0 Å². The van der Waals surface area contributed by atoms with Crippen molar-refractivity contribution in [3.8, 4) is 0 Å². The molecule has 0 aromatic carbocycles. The van der Waals surface area contributed by atoms with E-state index in [4.69, 9.17) is 5.11 Å². The summed E-state index contributed by atoms with van der Waals surface area (Å²) in [5, 5.41) is 12.1. The predicted octanol–water partition coefficient (Wildman–Crippen LogP) is 0.585. The number of rotatable bonds is 5. The number of amides is 2. The van der Waals surface area contributed by atoms with E-state index < -0.39 is 5.97 Å². The van der Waals surface area contributed by atoms with Crippen LogP contribution >= 0.6 is 0 Å². The highest BCUT2D eigenvalue weighted by molar-refractivity contribution is 5.79. The maximum Gasteiger partial charge on any atom is 0.317 e. The van der Waals surface area contributed by atoms with Crippen LogP contribution in [0.3, 0.4) is 0 Å². The molecular weight excluding hydrogens is 246 g/mol. The summed E-state index contributed by atoms with van der Waals surface area (Å²) in [4.78, 5) is 27.2. The summed E-state index contributed by atoms with van der Waals surface area (Å²) in [7, 11) is 2.01. The average Bonchev–Trinajstić information content (AvgIpc) is 2.95. The van der Waals surface area contributed by atoms with E-state index in [1.165, 1.54) is 0 Å². The molecule has 2 amide bonds. The first kappa shape index (κ1) is 14.1.